The second kappa shape index (κ2) is 9.27. The summed E-state index contributed by atoms with van der Waals surface area (Å²) in [5.74, 6) is -0.823. The Morgan fingerprint density at radius 2 is 1.74 bits per heavy atom. The predicted molar refractivity (Wildman–Crippen MR) is 94.1 cm³/mol. The first kappa shape index (κ1) is 20.6. The molecule has 0 saturated heterocycles. The van der Waals surface area contributed by atoms with Gasteiger partial charge in [0.15, 0.2) is 18.1 Å². The normalized spacial score (nSPS) is 11.4. The fourth-order valence-electron chi connectivity index (χ4n) is 2.33. The van der Waals surface area contributed by atoms with Gasteiger partial charge in [0, 0.05) is 6.54 Å². The smallest absolute Gasteiger partial charge is 0.422 e. The highest BCUT2D eigenvalue weighted by atomic mass is 19.4. The topological polar surface area (TPSA) is 59.0 Å². The van der Waals surface area contributed by atoms with Crippen LogP contribution in [-0.2, 0) is 4.79 Å². The highest BCUT2D eigenvalue weighted by Crippen LogP contribution is 2.33. The molecule has 8 heteroatoms. The zero-order valence-electron chi connectivity index (χ0n) is 14.7. The summed E-state index contributed by atoms with van der Waals surface area (Å²) in [6, 6.07) is 13.9. The zero-order valence-corrected chi connectivity index (χ0v) is 14.7. The van der Waals surface area contributed by atoms with Crippen molar-refractivity contribution < 1.29 is 32.5 Å². The lowest BCUT2D eigenvalue weighted by molar-refractivity contribution is -0.153. The molecule has 0 aliphatic rings. The van der Waals surface area contributed by atoms with E-state index in [1.807, 2.05) is 30.3 Å². The van der Waals surface area contributed by atoms with E-state index in [0.717, 1.165) is 5.56 Å². The van der Waals surface area contributed by atoms with Gasteiger partial charge in [-0.25, -0.2) is 0 Å². The Morgan fingerprint density at radius 3 is 2.37 bits per heavy atom. The molecule has 0 aliphatic carbocycles. The van der Waals surface area contributed by atoms with Crippen molar-refractivity contribution in [1.82, 2.24) is 4.90 Å². The summed E-state index contributed by atoms with van der Waals surface area (Å²) in [5.41, 5.74) is 1.53. The molecule has 0 radical (unpaired) electrons. The third kappa shape index (κ3) is 7.18. The van der Waals surface area contributed by atoms with Crippen LogP contribution in [0.4, 0.5) is 13.2 Å². The highest BCUT2D eigenvalue weighted by Gasteiger charge is 2.29. The molecule has 0 unspecified atom stereocenters. The number of carboxylic acids is 1. The van der Waals surface area contributed by atoms with Crippen LogP contribution in [0.3, 0.4) is 0 Å². The van der Waals surface area contributed by atoms with Crippen molar-refractivity contribution in [3.63, 3.8) is 0 Å². The van der Waals surface area contributed by atoms with Gasteiger partial charge in [-0.3, -0.25) is 9.69 Å². The molecule has 0 amide bonds. The van der Waals surface area contributed by atoms with Gasteiger partial charge in [0.05, 0.1) is 6.54 Å². The van der Waals surface area contributed by atoms with E-state index in [9.17, 15) is 18.0 Å². The lowest BCUT2D eigenvalue weighted by atomic mass is 10.1. The van der Waals surface area contributed by atoms with E-state index in [1.54, 1.807) is 19.2 Å². The minimum Gasteiger partial charge on any atom is -0.488 e. The van der Waals surface area contributed by atoms with Gasteiger partial charge in [0.2, 0.25) is 0 Å². The van der Waals surface area contributed by atoms with E-state index < -0.39 is 18.8 Å². The van der Waals surface area contributed by atoms with Crippen LogP contribution in [0.25, 0.3) is 11.1 Å². The molecule has 146 valence electrons. The van der Waals surface area contributed by atoms with E-state index in [0.29, 0.717) is 12.1 Å². The minimum atomic E-state index is -4.47. The number of hydrogen-bond donors (Lipinski definition) is 1. The fourth-order valence-corrected chi connectivity index (χ4v) is 2.33. The molecule has 0 fully saturated rings. The van der Waals surface area contributed by atoms with E-state index in [2.05, 4.69) is 0 Å². The molecule has 2 aromatic rings. The van der Waals surface area contributed by atoms with Crippen molar-refractivity contribution in [3.05, 3.63) is 48.5 Å². The molecule has 2 rings (SSSR count). The van der Waals surface area contributed by atoms with Gasteiger partial charge in [-0.1, -0.05) is 36.4 Å². The summed E-state index contributed by atoms with van der Waals surface area (Å²) >= 11 is 0. The second-order valence-corrected chi connectivity index (χ2v) is 5.91. The number of carbonyl (C=O) groups is 1. The minimum absolute atomic E-state index is 0.0189. The molecule has 0 aliphatic heterocycles. The number of halogens is 3. The maximum Gasteiger partial charge on any atom is 0.422 e. The average molecular weight is 383 g/mol. The Bertz CT molecular complexity index is 750. The van der Waals surface area contributed by atoms with Gasteiger partial charge in [-0.2, -0.15) is 13.2 Å². The van der Waals surface area contributed by atoms with Crippen molar-refractivity contribution in [3.8, 4) is 22.6 Å². The lowest BCUT2D eigenvalue weighted by Gasteiger charge is -2.17. The summed E-state index contributed by atoms with van der Waals surface area (Å²) in [6.45, 7) is -1.18. The van der Waals surface area contributed by atoms with Crippen molar-refractivity contribution in [2.75, 3.05) is 33.4 Å². The Morgan fingerprint density at radius 1 is 1.04 bits per heavy atom. The Hall–Kier alpha value is -2.74. The molecule has 0 bridgehead atoms. The van der Waals surface area contributed by atoms with Gasteiger partial charge < -0.3 is 14.6 Å². The first-order valence-electron chi connectivity index (χ1n) is 8.17. The largest absolute Gasteiger partial charge is 0.488 e. The molecule has 0 aromatic heterocycles. The molecular weight excluding hydrogens is 363 g/mol. The monoisotopic (exact) mass is 383 g/mol. The molecule has 2 aromatic carbocycles. The summed E-state index contributed by atoms with van der Waals surface area (Å²) in [6.07, 6.45) is -4.47. The van der Waals surface area contributed by atoms with E-state index in [-0.39, 0.29) is 24.7 Å². The second-order valence-electron chi connectivity index (χ2n) is 5.91. The molecule has 5 nitrogen and oxygen atoms in total. The van der Waals surface area contributed by atoms with Crippen molar-refractivity contribution in [1.29, 1.82) is 0 Å². The fraction of sp³-hybridized carbons (Fsp3) is 0.316. The first-order valence-corrected chi connectivity index (χ1v) is 8.17. The number of hydrogen-bond acceptors (Lipinski definition) is 4. The van der Waals surface area contributed by atoms with Crippen LogP contribution in [0.15, 0.2) is 48.5 Å². The maximum atomic E-state index is 12.5. The third-order valence-corrected chi connectivity index (χ3v) is 3.58. The van der Waals surface area contributed by atoms with E-state index in [4.69, 9.17) is 14.6 Å². The van der Waals surface area contributed by atoms with Crippen LogP contribution in [0, 0.1) is 0 Å². The molecule has 0 spiro atoms. The van der Waals surface area contributed by atoms with E-state index >= 15 is 0 Å². The van der Waals surface area contributed by atoms with Crippen LogP contribution < -0.4 is 9.47 Å². The van der Waals surface area contributed by atoms with Gasteiger partial charge in [0.1, 0.15) is 6.61 Å². The van der Waals surface area contributed by atoms with E-state index in [1.165, 1.54) is 11.0 Å². The van der Waals surface area contributed by atoms with Crippen molar-refractivity contribution in [2.24, 2.45) is 0 Å². The number of aliphatic carboxylic acids is 1. The number of carboxylic acid groups (broad SMARTS) is 1. The maximum absolute atomic E-state index is 12.5. The van der Waals surface area contributed by atoms with Crippen LogP contribution in [0.2, 0.25) is 0 Å². The Labute approximate surface area is 154 Å². The molecular formula is C19H20F3NO4. The average Bonchev–Trinajstić information content (AvgIpc) is 2.60. The Balaban J connectivity index is 2.13. The number of ether oxygens (including phenoxy) is 2. The molecule has 0 atom stereocenters. The molecule has 27 heavy (non-hydrogen) atoms. The first-order chi connectivity index (χ1) is 12.7. The number of nitrogens with zero attached hydrogens (tertiary/aromatic N) is 1. The zero-order chi connectivity index (χ0) is 19.9. The summed E-state index contributed by atoms with van der Waals surface area (Å²) in [4.78, 5) is 12.2. The number of alkyl halides is 3. The van der Waals surface area contributed by atoms with Gasteiger partial charge in [-0.05, 0) is 30.3 Å². The third-order valence-electron chi connectivity index (χ3n) is 3.58. The number of rotatable bonds is 9. The van der Waals surface area contributed by atoms with Gasteiger partial charge in [0.25, 0.3) is 0 Å². The van der Waals surface area contributed by atoms with Crippen molar-refractivity contribution in [2.45, 2.75) is 6.18 Å². The highest BCUT2D eigenvalue weighted by molar-refractivity contribution is 5.69. The van der Waals surface area contributed by atoms with Crippen molar-refractivity contribution >= 4 is 5.97 Å². The summed E-state index contributed by atoms with van der Waals surface area (Å²) in [7, 11) is 1.61. The Kier molecular flexibility index (Phi) is 7.06. The molecule has 0 saturated carbocycles. The van der Waals surface area contributed by atoms with Gasteiger partial charge >= 0.3 is 12.1 Å². The molecule has 1 N–H and O–H groups in total. The standard InChI is InChI=1S/C19H20F3NO4/c1-23(12-18(24)25)9-10-26-16-8-7-15(14-5-3-2-4-6-14)11-17(16)27-13-19(20,21)22/h2-8,11H,9-10,12-13H2,1H3,(H,24,25). The van der Waals surface area contributed by atoms with Crippen LogP contribution in [0.5, 0.6) is 11.5 Å². The molecule has 0 heterocycles. The van der Waals surface area contributed by atoms with Crippen LogP contribution in [-0.4, -0.2) is 55.5 Å². The number of benzene rings is 2. The quantitative estimate of drug-likeness (QED) is 0.716. The predicted octanol–water partition coefficient (Wildman–Crippen LogP) is 3.69. The lowest BCUT2D eigenvalue weighted by Crippen LogP contribution is -2.29. The van der Waals surface area contributed by atoms with Crippen LogP contribution in [0.1, 0.15) is 0 Å². The summed E-state index contributed by atoms with van der Waals surface area (Å²) < 4.78 is 48.1. The number of likely N-dealkylation sites (N-methyl/N-ethyl adjacent to an activating group) is 1. The summed E-state index contributed by atoms with van der Waals surface area (Å²) in [5, 5.41) is 8.72. The van der Waals surface area contributed by atoms with Gasteiger partial charge in [-0.15, -0.1) is 0 Å². The SMILES string of the molecule is CN(CCOc1ccc(-c2ccccc2)cc1OCC(F)(F)F)CC(=O)O. The van der Waals surface area contributed by atoms with Crippen LogP contribution >= 0.6 is 0 Å².